The Morgan fingerprint density at radius 1 is 1.53 bits per heavy atom. The fourth-order valence-electron chi connectivity index (χ4n) is 2.04. The lowest BCUT2D eigenvalue weighted by atomic mass is 10.00. The highest BCUT2D eigenvalue weighted by Crippen LogP contribution is 2.35. The number of aliphatic hydroxyl groups is 1. The van der Waals surface area contributed by atoms with Crippen LogP contribution in [0.3, 0.4) is 0 Å². The van der Waals surface area contributed by atoms with Gasteiger partial charge in [-0.05, 0) is 18.2 Å². The highest BCUT2D eigenvalue weighted by molar-refractivity contribution is 5.43. The molecule has 0 aromatic heterocycles. The summed E-state index contributed by atoms with van der Waals surface area (Å²) in [5.41, 5.74) is 0.805. The molecule has 2 N–H and O–H groups in total. The van der Waals surface area contributed by atoms with E-state index in [4.69, 9.17) is 14.6 Å². The van der Waals surface area contributed by atoms with Crippen molar-refractivity contribution < 1.29 is 23.4 Å². The summed E-state index contributed by atoms with van der Waals surface area (Å²) < 4.78 is 36.7. The van der Waals surface area contributed by atoms with E-state index in [9.17, 15) is 8.78 Å². The van der Waals surface area contributed by atoms with E-state index < -0.39 is 19.1 Å². The molecule has 1 aromatic rings. The zero-order chi connectivity index (χ0) is 13.9. The third kappa shape index (κ3) is 3.33. The Bertz CT molecular complexity index is 440. The van der Waals surface area contributed by atoms with Gasteiger partial charge in [-0.3, -0.25) is 0 Å². The molecule has 1 unspecified atom stereocenters. The topological polar surface area (TPSA) is 50.7 Å². The molecule has 1 atom stereocenters. The Morgan fingerprint density at radius 2 is 2.32 bits per heavy atom. The molecule has 0 saturated heterocycles. The van der Waals surface area contributed by atoms with E-state index in [0.29, 0.717) is 24.5 Å². The summed E-state index contributed by atoms with van der Waals surface area (Å²) in [6, 6.07) is 5.09. The van der Waals surface area contributed by atoms with Crippen molar-refractivity contribution in [2.24, 2.45) is 0 Å². The summed E-state index contributed by atoms with van der Waals surface area (Å²) in [5, 5.41) is 11.3. The third-order valence-electron chi connectivity index (χ3n) is 3.09. The van der Waals surface area contributed by atoms with Gasteiger partial charge in [-0.15, -0.1) is 0 Å². The summed E-state index contributed by atoms with van der Waals surface area (Å²) in [4.78, 5) is 0. The number of halogens is 2. The molecule has 0 fully saturated rings. The van der Waals surface area contributed by atoms with Gasteiger partial charge in [0, 0.05) is 18.0 Å². The summed E-state index contributed by atoms with van der Waals surface area (Å²) in [5.74, 6) is -1.78. The minimum atomic E-state index is -3.11. The van der Waals surface area contributed by atoms with Gasteiger partial charge in [0.05, 0.1) is 20.3 Å². The second kappa shape index (κ2) is 5.71. The van der Waals surface area contributed by atoms with Crippen LogP contribution in [0.15, 0.2) is 18.2 Å². The number of ether oxygens (including phenoxy) is 2. The number of hydrogen-bond acceptors (Lipinski definition) is 4. The Balaban J connectivity index is 2.12. The first-order chi connectivity index (χ1) is 9.05. The SMILES string of the molecule is COc1ccc2c(c1)C(NCC(F)(F)CO)CCO2. The first-order valence-corrected chi connectivity index (χ1v) is 6.08. The van der Waals surface area contributed by atoms with Gasteiger partial charge in [0.25, 0.3) is 5.92 Å². The molecule has 0 radical (unpaired) electrons. The Hall–Kier alpha value is -1.40. The Labute approximate surface area is 110 Å². The first kappa shape index (κ1) is 14.0. The van der Waals surface area contributed by atoms with E-state index in [0.717, 1.165) is 5.56 Å². The van der Waals surface area contributed by atoms with Gasteiger partial charge in [-0.25, -0.2) is 8.78 Å². The van der Waals surface area contributed by atoms with Crippen molar-refractivity contribution in [3.8, 4) is 11.5 Å². The lowest BCUT2D eigenvalue weighted by molar-refractivity contribution is -0.0500. The highest BCUT2D eigenvalue weighted by atomic mass is 19.3. The second-order valence-corrected chi connectivity index (χ2v) is 4.49. The second-order valence-electron chi connectivity index (χ2n) is 4.49. The van der Waals surface area contributed by atoms with Crippen LogP contribution in [-0.4, -0.2) is 37.9 Å². The molecule has 1 aliphatic rings. The third-order valence-corrected chi connectivity index (χ3v) is 3.09. The summed E-state index contributed by atoms with van der Waals surface area (Å²) >= 11 is 0. The fourth-order valence-corrected chi connectivity index (χ4v) is 2.04. The minimum Gasteiger partial charge on any atom is -0.497 e. The molecule has 0 bridgehead atoms. The standard InChI is InChI=1S/C13H17F2NO3/c1-18-9-2-3-12-10(6-9)11(4-5-19-12)16-7-13(14,15)8-17/h2-3,6,11,16-17H,4-5,7-8H2,1H3. The molecule has 4 nitrogen and oxygen atoms in total. The van der Waals surface area contributed by atoms with E-state index >= 15 is 0 Å². The number of methoxy groups -OCH3 is 1. The van der Waals surface area contributed by atoms with Crippen molar-refractivity contribution in [2.45, 2.75) is 18.4 Å². The molecule has 1 aliphatic heterocycles. The Morgan fingerprint density at radius 3 is 3.00 bits per heavy atom. The van der Waals surface area contributed by atoms with E-state index in [1.54, 1.807) is 25.3 Å². The van der Waals surface area contributed by atoms with Crippen LogP contribution in [-0.2, 0) is 0 Å². The largest absolute Gasteiger partial charge is 0.497 e. The van der Waals surface area contributed by atoms with Gasteiger partial charge in [0.1, 0.15) is 18.1 Å². The normalized spacial score (nSPS) is 18.6. The number of fused-ring (bicyclic) bond motifs is 1. The maximum Gasteiger partial charge on any atom is 0.282 e. The number of nitrogens with one attached hydrogen (secondary N) is 1. The molecule has 0 aliphatic carbocycles. The van der Waals surface area contributed by atoms with Gasteiger partial charge < -0.3 is 19.9 Å². The molecule has 6 heteroatoms. The Kier molecular flexibility index (Phi) is 4.21. The van der Waals surface area contributed by atoms with Gasteiger partial charge in [0.2, 0.25) is 0 Å². The molecule has 0 saturated carbocycles. The molecule has 0 spiro atoms. The van der Waals surface area contributed by atoms with E-state index in [2.05, 4.69) is 5.32 Å². The molecule has 19 heavy (non-hydrogen) atoms. The average molecular weight is 273 g/mol. The van der Waals surface area contributed by atoms with Crippen molar-refractivity contribution in [2.75, 3.05) is 26.9 Å². The van der Waals surface area contributed by atoms with E-state index in [-0.39, 0.29) is 6.04 Å². The summed E-state index contributed by atoms with van der Waals surface area (Å²) in [6.45, 7) is -1.25. The smallest absolute Gasteiger partial charge is 0.282 e. The van der Waals surface area contributed by atoms with Crippen LogP contribution in [0.2, 0.25) is 0 Å². The van der Waals surface area contributed by atoms with Crippen LogP contribution in [0.1, 0.15) is 18.0 Å². The lowest BCUT2D eigenvalue weighted by Crippen LogP contribution is -2.39. The van der Waals surface area contributed by atoms with Crippen molar-refractivity contribution in [1.29, 1.82) is 0 Å². The van der Waals surface area contributed by atoms with Crippen molar-refractivity contribution in [3.63, 3.8) is 0 Å². The molecule has 106 valence electrons. The van der Waals surface area contributed by atoms with E-state index in [1.807, 2.05) is 0 Å². The van der Waals surface area contributed by atoms with Crippen molar-refractivity contribution in [3.05, 3.63) is 23.8 Å². The first-order valence-electron chi connectivity index (χ1n) is 6.08. The number of rotatable bonds is 5. The van der Waals surface area contributed by atoms with Crippen LogP contribution in [0.25, 0.3) is 0 Å². The maximum atomic E-state index is 13.1. The maximum absolute atomic E-state index is 13.1. The average Bonchev–Trinajstić information content (AvgIpc) is 2.44. The molecular formula is C13H17F2NO3. The van der Waals surface area contributed by atoms with Crippen molar-refractivity contribution in [1.82, 2.24) is 5.32 Å². The molecule has 1 aromatic carbocycles. The van der Waals surface area contributed by atoms with E-state index in [1.165, 1.54) is 0 Å². The zero-order valence-electron chi connectivity index (χ0n) is 10.7. The van der Waals surface area contributed by atoms with Crippen LogP contribution in [0.5, 0.6) is 11.5 Å². The molecule has 2 rings (SSSR count). The molecule has 1 heterocycles. The van der Waals surface area contributed by atoms with Crippen LogP contribution < -0.4 is 14.8 Å². The van der Waals surface area contributed by atoms with Gasteiger partial charge in [-0.2, -0.15) is 0 Å². The highest BCUT2D eigenvalue weighted by Gasteiger charge is 2.30. The molecule has 0 amide bonds. The van der Waals surface area contributed by atoms with Crippen LogP contribution >= 0.6 is 0 Å². The minimum absolute atomic E-state index is 0.226. The number of aliphatic hydroxyl groups excluding tert-OH is 1. The molecular weight excluding hydrogens is 256 g/mol. The van der Waals surface area contributed by atoms with Crippen molar-refractivity contribution >= 4 is 0 Å². The quantitative estimate of drug-likeness (QED) is 0.858. The fraction of sp³-hybridized carbons (Fsp3) is 0.538. The zero-order valence-corrected chi connectivity index (χ0v) is 10.7. The van der Waals surface area contributed by atoms with Gasteiger partial charge in [-0.1, -0.05) is 0 Å². The predicted octanol–water partition coefficient (Wildman–Crippen LogP) is 1.74. The van der Waals surface area contributed by atoms with Crippen LogP contribution in [0.4, 0.5) is 8.78 Å². The monoisotopic (exact) mass is 273 g/mol. The lowest BCUT2D eigenvalue weighted by Gasteiger charge is -2.28. The van der Waals surface area contributed by atoms with Gasteiger partial charge in [0.15, 0.2) is 0 Å². The van der Waals surface area contributed by atoms with Gasteiger partial charge >= 0.3 is 0 Å². The number of benzene rings is 1. The summed E-state index contributed by atoms with van der Waals surface area (Å²) in [6.07, 6.45) is 0.599. The number of hydrogen-bond donors (Lipinski definition) is 2. The number of alkyl halides is 2. The summed E-state index contributed by atoms with van der Waals surface area (Å²) in [7, 11) is 1.55. The van der Waals surface area contributed by atoms with Crippen LogP contribution in [0, 0.1) is 0 Å². The predicted molar refractivity (Wildman–Crippen MR) is 65.9 cm³/mol.